The quantitative estimate of drug-likeness (QED) is 0.863. The molecule has 15 heavy (non-hydrogen) atoms. The first-order chi connectivity index (χ1) is 7.02. The maximum absolute atomic E-state index is 13.6. The van der Waals surface area contributed by atoms with Crippen molar-refractivity contribution < 1.29 is 14.3 Å². The molecule has 0 bridgehead atoms. The first-order valence-electron chi connectivity index (χ1n) is 4.67. The summed E-state index contributed by atoms with van der Waals surface area (Å²) in [5, 5.41) is 8.82. The second-order valence-corrected chi connectivity index (χ2v) is 3.81. The molecule has 2 nitrogen and oxygen atoms in total. The summed E-state index contributed by atoms with van der Waals surface area (Å²) < 4.78 is 13.6. The van der Waals surface area contributed by atoms with E-state index in [9.17, 15) is 9.18 Å². The molecule has 0 fully saturated rings. The number of aliphatic carboxylic acids is 1. The van der Waals surface area contributed by atoms with E-state index in [1.807, 2.05) is 0 Å². The summed E-state index contributed by atoms with van der Waals surface area (Å²) in [4.78, 5) is 10.3. The Hall–Kier alpha value is -1.09. The van der Waals surface area contributed by atoms with Gasteiger partial charge in [0.1, 0.15) is 5.82 Å². The Labute approximate surface area is 92.7 Å². The second kappa shape index (κ2) is 5.12. The van der Waals surface area contributed by atoms with E-state index in [2.05, 4.69) is 0 Å². The predicted octanol–water partition coefficient (Wildman–Crippen LogP) is 3.19. The summed E-state index contributed by atoms with van der Waals surface area (Å²) in [5.74, 6) is -1.20. The SMILES string of the molecule is Cc1ccc(Cl)c(CCCC(=O)O)c1F. The average Bonchev–Trinajstić information content (AvgIpc) is 2.17. The Kier molecular flexibility index (Phi) is 4.09. The Morgan fingerprint density at radius 2 is 2.20 bits per heavy atom. The third-order valence-corrected chi connectivity index (χ3v) is 2.55. The molecule has 0 aliphatic heterocycles. The molecule has 0 unspecified atom stereocenters. The molecule has 0 aliphatic carbocycles. The molecule has 1 aromatic rings. The van der Waals surface area contributed by atoms with Crippen molar-refractivity contribution in [2.75, 3.05) is 0 Å². The van der Waals surface area contributed by atoms with Gasteiger partial charge < -0.3 is 5.11 Å². The van der Waals surface area contributed by atoms with E-state index in [0.29, 0.717) is 29.0 Å². The van der Waals surface area contributed by atoms with Crippen LogP contribution >= 0.6 is 11.6 Å². The van der Waals surface area contributed by atoms with Crippen LogP contribution in [0.15, 0.2) is 12.1 Å². The zero-order valence-electron chi connectivity index (χ0n) is 8.39. The molecule has 0 atom stereocenters. The average molecular weight is 231 g/mol. The van der Waals surface area contributed by atoms with E-state index in [0.717, 1.165) is 0 Å². The standard InChI is InChI=1S/C11H12ClFO2/c1-7-5-6-9(12)8(11(7)13)3-2-4-10(14)15/h5-6H,2-4H2,1H3,(H,14,15). The summed E-state index contributed by atoms with van der Waals surface area (Å²) in [6.45, 7) is 1.66. The van der Waals surface area contributed by atoms with Gasteiger partial charge in [-0.05, 0) is 31.4 Å². The highest BCUT2D eigenvalue weighted by molar-refractivity contribution is 6.31. The number of halogens is 2. The summed E-state index contributed by atoms with van der Waals surface area (Å²) in [5.41, 5.74) is 0.947. The molecule has 0 saturated carbocycles. The van der Waals surface area contributed by atoms with Gasteiger partial charge in [0.2, 0.25) is 0 Å². The molecule has 1 N–H and O–H groups in total. The van der Waals surface area contributed by atoms with Crippen LogP contribution in [-0.2, 0) is 11.2 Å². The smallest absolute Gasteiger partial charge is 0.303 e. The minimum Gasteiger partial charge on any atom is -0.481 e. The fourth-order valence-corrected chi connectivity index (χ4v) is 1.60. The van der Waals surface area contributed by atoms with E-state index >= 15 is 0 Å². The Balaban J connectivity index is 2.75. The number of carboxylic acid groups (broad SMARTS) is 1. The van der Waals surface area contributed by atoms with Crippen molar-refractivity contribution >= 4 is 17.6 Å². The van der Waals surface area contributed by atoms with Gasteiger partial charge in [-0.25, -0.2) is 4.39 Å². The summed E-state index contributed by atoms with van der Waals surface area (Å²) in [6, 6.07) is 3.24. The zero-order valence-corrected chi connectivity index (χ0v) is 9.14. The minimum atomic E-state index is -0.876. The van der Waals surface area contributed by atoms with Gasteiger partial charge in [0.25, 0.3) is 0 Å². The monoisotopic (exact) mass is 230 g/mol. The molecule has 0 aromatic heterocycles. The fourth-order valence-electron chi connectivity index (χ4n) is 1.36. The van der Waals surface area contributed by atoms with Gasteiger partial charge in [-0.3, -0.25) is 4.79 Å². The van der Waals surface area contributed by atoms with Crippen molar-refractivity contribution in [1.82, 2.24) is 0 Å². The van der Waals surface area contributed by atoms with Crippen LogP contribution in [0.25, 0.3) is 0 Å². The Morgan fingerprint density at radius 1 is 1.53 bits per heavy atom. The van der Waals surface area contributed by atoms with Gasteiger partial charge in [-0.15, -0.1) is 0 Å². The number of hydrogen-bond donors (Lipinski definition) is 1. The van der Waals surface area contributed by atoms with Crippen LogP contribution in [0.2, 0.25) is 5.02 Å². The zero-order chi connectivity index (χ0) is 11.4. The van der Waals surface area contributed by atoms with Crippen LogP contribution in [0.3, 0.4) is 0 Å². The van der Waals surface area contributed by atoms with E-state index in [1.165, 1.54) is 0 Å². The van der Waals surface area contributed by atoms with E-state index in [1.54, 1.807) is 19.1 Å². The van der Waals surface area contributed by atoms with Crippen LogP contribution in [0.4, 0.5) is 4.39 Å². The lowest BCUT2D eigenvalue weighted by molar-refractivity contribution is -0.137. The minimum absolute atomic E-state index is 0.0315. The van der Waals surface area contributed by atoms with Crippen LogP contribution in [0.5, 0.6) is 0 Å². The van der Waals surface area contributed by atoms with Gasteiger partial charge in [-0.1, -0.05) is 17.7 Å². The van der Waals surface area contributed by atoms with Gasteiger partial charge in [0, 0.05) is 17.0 Å². The summed E-state index contributed by atoms with van der Waals surface area (Å²) in [7, 11) is 0. The molecule has 4 heteroatoms. The molecular weight excluding hydrogens is 219 g/mol. The highest BCUT2D eigenvalue weighted by atomic mass is 35.5. The number of rotatable bonds is 4. The molecule has 0 heterocycles. The first kappa shape index (κ1) is 12.0. The normalized spacial score (nSPS) is 10.3. The van der Waals surface area contributed by atoms with Crippen molar-refractivity contribution in [2.45, 2.75) is 26.2 Å². The lowest BCUT2D eigenvalue weighted by atomic mass is 10.0. The number of aryl methyl sites for hydroxylation is 1. The van der Waals surface area contributed by atoms with Crippen LogP contribution < -0.4 is 0 Å². The molecular formula is C11H12ClFO2. The first-order valence-corrected chi connectivity index (χ1v) is 5.05. The molecule has 0 aliphatic rings. The number of hydrogen-bond acceptors (Lipinski definition) is 1. The topological polar surface area (TPSA) is 37.3 Å². The summed E-state index contributed by atoms with van der Waals surface area (Å²) in [6.07, 6.45) is 0.789. The van der Waals surface area contributed by atoms with Crippen LogP contribution in [0.1, 0.15) is 24.0 Å². The molecule has 82 valence electrons. The number of benzene rings is 1. The number of carboxylic acids is 1. The maximum Gasteiger partial charge on any atom is 0.303 e. The lowest BCUT2D eigenvalue weighted by Crippen LogP contribution is -1.99. The van der Waals surface area contributed by atoms with Gasteiger partial charge in [0.15, 0.2) is 0 Å². The largest absolute Gasteiger partial charge is 0.481 e. The molecule has 0 radical (unpaired) electrons. The van der Waals surface area contributed by atoms with Crippen molar-refractivity contribution in [1.29, 1.82) is 0 Å². The summed E-state index contributed by atoms with van der Waals surface area (Å²) >= 11 is 5.83. The molecule has 1 aromatic carbocycles. The van der Waals surface area contributed by atoms with E-state index in [4.69, 9.17) is 16.7 Å². The third-order valence-electron chi connectivity index (χ3n) is 2.20. The van der Waals surface area contributed by atoms with Crippen molar-refractivity contribution in [3.05, 3.63) is 34.1 Å². The maximum atomic E-state index is 13.6. The van der Waals surface area contributed by atoms with E-state index < -0.39 is 5.97 Å². The Morgan fingerprint density at radius 3 is 2.80 bits per heavy atom. The number of carbonyl (C=O) groups is 1. The van der Waals surface area contributed by atoms with Gasteiger partial charge in [-0.2, -0.15) is 0 Å². The Bertz CT molecular complexity index is 377. The highest BCUT2D eigenvalue weighted by Gasteiger charge is 2.10. The van der Waals surface area contributed by atoms with Crippen molar-refractivity contribution in [3.8, 4) is 0 Å². The lowest BCUT2D eigenvalue weighted by Gasteiger charge is -2.07. The van der Waals surface area contributed by atoms with Crippen LogP contribution in [-0.4, -0.2) is 11.1 Å². The van der Waals surface area contributed by atoms with Crippen molar-refractivity contribution in [3.63, 3.8) is 0 Å². The predicted molar refractivity (Wildman–Crippen MR) is 56.7 cm³/mol. The van der Waals surface area contributed by atoms with Crippen LogP contribution in [0, 0.1) is 12.7 Å². The van der Waals surface area contributed by atoms with E-state index in [-0.39, 0.29) is 12.2 Å². The third kappa shape index (κ3) is 3.20. The molecule has 0 spiro atoms. The van der Waals surface area contributed by atoms with Crippen molar-refractivity contribution in [2.24, 2.45) is 0 Å². The van der Waals surface area contributed by atoms with Gasteiger partial charge in [0.05, 0.1) is 0 Å². The highest BCUT2D eigenvalue weighted by Crippen LogP contribution is 2.23. The van der Waals surface area contributed by atoms with Gasteiger partial charge >= 0.3 is 5.97 Å². The molecule has 1 rings (SSSR count). The molecule has 0 amide bonds. The molecule has 0 saturated heterocycles. The fraction of sp³-hybridized carbons (Fsp3) is 0.364. The second-order valence-electron chi connectivity index (χ2n) is 3.40.